The van der Waals surface area contributed by atoms with Gasteiger partial charge in [0, 0.05) is 21.9 Å². The Morgan fingerprint density at radius 1 is 0.786 bits per heavy atom. The van der Waals surface area contributed by atoms with Gasteiger partial charge in [0.1, 0.15) is 16.7 Å². The second-order valence-corrected chi connectivity index (χ2v) is 8.72. The molecule has 2 rings (SSSR count). The zero-order valence-corrected chi connectivity index (χ0v) is 17.4. The Bertz CT molecular complexity index is 787. The summed E-state index contributed by atoms with van der Waals surface area (Å²) in [6.07, 6.45) is 2.28. The molecule has 0 heterocycles. The molecule has 0 bridgehead atoms. The van der Waals surface area contributed by atoms with Gasteiger partial charge in [0.2, 0.25) is 0 Å². The van der Waals surface area contributed by atoms with E-state index >= 15 is 0 Å². The topological polar surface area (TPSA) is 52.6 Å². The van der Waals surface area contributed by atoms with Crippen LogP contribution in [0.4, 0.5) is 0 Å². The summed E-state index contributed by atoms with van der Waals surface area (Å²) in [6.45, 7) is 7.14. The Hall–Kier alpha value is -2.35. The first-order chi connectivity index (χ1) is 13.5. The van der Waals surface area contributed by atoms with Gasteiger partial charge >= 0.3 is 11.9 Å². The Morgan fingerprint density at radius 2 is 1.14 bits per heavy atom. The van der Waals surface area contributed by atoms with E-state index in [1.807, 2.05) is 48.5 Å². The summed E-state index contributed by atoms with van der Waals surface area (Å²) in [4.78, 5) is 24.2. The van der Waals surface area contributed by atoms with Crippen LogP contribution in [-0.2, 0) is 32.3 Å². The van der Waals surface area contributed by atoms with Crippen LogP contribution in [0.3, 0.4) is 0 Å². The van der Waals surface area contributed by atoms with Crippen LogP contribution in [0.2, 0.25) is 0 Å². The molecule has 0 aliphatic rings. The van der Waals surface area contributed by atoms with Crippen LogP contribution in [0.1, 0.15) is 11.1 Å². The highest BCUT2D eigenvalue weighted by Gasteiger charge is 2.06. The molecule has 7 heteroatoms. The van der Waals surface area contributed by atoms with Crippen LogP contribution in [-0.4, -0.2) is 15.5 Å². The lowest BCUT2D eigenvalue weighted by Gasteiger charge is -2.07. The van der Waals surface area contributed by atoms with E-state index < -0.39 is 11.9 Å². The average Bonchev–Trinajstić information content (AvgIpc) is 2.72. The van der Waals surface area contributed by atoms with Gasteiger partial charge in [-0.15, -0.1) is 0 Å². The monoisotopic (exact) mass is 430 g/mol. The van der Waals surface area contributed by atoms with Gasteiger partial charge in [-0.1, -0.05) is 73.2 Å². The van der Waals surface area contributed by atoms with Gasteiger partial charge in [0.05, 0.1) is 0 Å². The highest BCUT2D eigenvalue weighted by Crippen LogP contribution is 2.31. The molecule has 28 heavy (non-hydrogen) atoms. The first kappa shape index (κ1) is 21.9. The largest absolute Gasteiger partial charge is 0.458 e. The standard InChI is InChI=1S/C21H18O4S3/c1-3-19(22)24-13-15-5-9-17(10-6-15)27-21(26)28-18-11-7-16(8-12-18)14-25-20(23)4-2/h3-12H,1-2,13-14H2. The Labute approximate surface area is 178 Å². The number of benzene rings is 2. The smallest absolute Gasteiger partial charge is 0.330 e. The Balaban J connectivity index is 1.83. The third-order valence-electron chi connectivity index (χ3n) is 3.34. The molecule has 0 radical (unpaired) electrons. The molecular weight excluding hydrogens is 412 g/mol. The number of carbonyl (C=O) groups excluding carboxylic acids is 2. The van der Waals surface area contributed by atoms with Crippen molar-refractivity contribution in [2.45, 2.75) is 23.0 Å². The number of esters is 2. The molecule has 0 aliphatic heterocycles. The molecule has 2 aromatic rings. The number of carbonyl (C=O) groups is 2. The molecule has 0 amide bonds. The van der Waals surface area contributed by atoms with Crippen molar-refractivity contribution in [3.8, 4) is 0 Å². The molecule has 0 aliphatic carbocycles. The lowest BCUT2D eigenvalue weighted by atomic mass is 10.2. The molecule has 0 saturated heterocycles. The van der Waals surface area contributed by atoms with E-state index in [0.29, 0.717) is 0 Å². The summed E-state index contributed by atoms with van der Waals surface area (Å²) in [6, 6.07) is 15.3. The number of rotatable bonds is 8. The molecule has 0 aromatic heterocycles. The maximum atomic E-state index is 11.1. The van der Waals surface area contributed by atoms with Gasteiger partial charge in [0.15, 0.2) is 0 Å². The molecule has 0 fully saturated rings. The van der Waals surface area contributed by atoms with E-state index in [-0.39, 0.29) is 13.2 Å². The number of thioether (sulfide) groups is 2. The second kappa shape index (κ2) is 11.5. The van der Waals surface area contributed by atoms with Crippen molar-refractivity contribution in [2.24, 2.45) is 0 Å². The molecule has 4 nitrogen and oxygen atoms in total. The van der Waals surface area contributed by atoms with Gasteiger partial charge in [-0.3, -0.25) is 0 Å². The fourth-order valence-electron chi connectivity index (χ4n) is 1.95. The summed E-state index contributed by atoms with van der Waals surface area (Å²) >= 11 is 8.43. The second-order valence-electron chi connectivity index (χ2n) is 5.37. The maximum absolute atomic E-state index is 11.1. The molecule has 0 saturated carbocycles. The first-order valence-corrected chi connectivity index (χ1v) is 10.2. The molecule has 0 N–H and O–H groups in total. The minimum atomic E-state index is -0.444. The lowest BCUT2D eigenvalue weighted by Crippen LogP contribution is -2.00. The fraction of sp³-hybridized carbons (Fsp3) is 0.0952. The molecule has 0 unspecified atom stereocenters. The van der Waals surface area contributed by atoms with Gasteiger partial charge in [-0.05, 0) is 35.4 Å². The Morgan fingerprint density at radius 3 is 1.46 bits per heavy atom. The van der Waals surface area contributed by atoms with Crippen molar-refractivity contribution in [3.63, 3.8) is 0 Å². The van der Waals surface area contributed by atoms with E-state index in [1.54, 1.807) is 0 Å². The van der Waals surface area contributed by atoms with Gasteiger partial charge in [-0.2, -0.15) is 0 Å². The van der Waals surface area contributed by atoms with Crippen LogP contribution in [0.15, 0.2) is 83.6 Å². The van der Waals surface area contributed by atoms with Crippen molar-refractivity contribution < 1.29 is 19.1 Å². The zero-order chi connectivity index (χ0) is 20.4. The quantitative estimate of drug-likeness (QED) is 0.243. The first-order valence-electron chi connectivity index (χ1n) is 8.16. The fourth-order valence-corrected chi connectivity index (χ4v) is 4.20. The minimum Gasteiger partial charge on any atom is -0.458 e. The minimum absolute atomic E-state index is 0.212. The molecule has 144 valence electrons. The molecule has 2 aromatic carbocycles. The van der Waals surface area contributed by atoms with E-state index in [9.17, 15) is 9.59 Å². The van der Waals surface area contributed by atoms with Crippen molar-refractivity contribution >= 4 is 51.2 Å². The van der Waals surface area contributed by atoms with E-state index in [4.69, 9.17) is 21.7 Å². The summed E-state index contributed by atoms with van der Waals surface area (Å²) in [5, 5.41) is 0. The Kier molecular flexibility index (Phi) is 9.00. The summed E-state index contributed by atoms with van der Waals surface area (Å²) in [7, 11) is 0. The third kappa shape index (κ3) is 7.72. The highest BCUT2D eigenvalue weighted by molar-refractivity contribution is 8.47. The predicted octanol–water partition coefficient (Wildman–Crippen LogP) is 5.31. The van der Waals surface area contributed by atoms with Crippen LogP contribution in [0, 0.1) is 0 Å². The number of ether oxygens (including phenoxy) is 2. The number of hydrogen-bond acceptors (Lipinski definition) is 7. The maximum Gasteiger partial charge on any atom is 0.330 e. The lowest BCUT2D eigenvalue weighted by molar-refractivity contribution is -0.139. The summed E-state index contributed by atoms with van der Waals surface area (Å²) in [5.41, 5.74) is 1.79. The number of thiocarbonyl (C=S) groups is 1. The van der Waals surface area contributed by atoms with Crippen molar-refractivity contribution in [3.05, 3.63) is 85.0 Å². The van der Waals surface area contributed by atoms with Gasteiger partial charge < -0.3 is 9.47 Å². The summed E-state index contributed by atoms with van der Waals surface area (Å²) in [5.74, 6) is -0.887. The van der Waals surface area contributed by atoms with Crippen LogP contribution in [0.25, 0.3) is 0 Å². The summed E-state index contributed by atoms with van der Waals surface area (Å²) < 4.78 is 10.8. The van der Waals surface area contributed by atoms with Gasteiger partial charge in [-0.25, -0.2) is 9.59 Å². The zero-order valence-electron chi connectivity index (χ0n) is 15.0. The van der Waals surface area contributed by atoms with E-state index in [1.165, 1.54) is 23.5 Å². The van der Waals surface area contributed by atoms with Gasteiger partial charge in [0.25, 0.3) is 0 Å². The third-order valence-corrected chi connectivity index (χ3v) is 5.69. The SMILES string of the molecule is C=CC(=O)OCc1ccc(SC(=S)Sc2ccc(COC(=O)C=C)cc2)cc1. The number of hydrogen-bond donors (Lipinski definition) is 0. The highest BCUT2D eigenvalue weighted by atomic mass is 32.2. The normalized spacial score (nSPS) is 10.0. The van der Waals surface area contributed by atoms with Crippen molar-refractivity contribution in [1.82, 2.24) is 0 Å². The van der Waals surface area contributed by atoms with Crippen LogP contribution >= 0.6 is 35.7 Å². The van der Waals surface area contributed by atoms with Crippen molar-refractivity contribution in [2.75, 3.05) is 0 Å². The molecular formula is C21H18O4S3. The van der Waals surface area contributed by atoms with Crippen LogP contribution in [0.5, 0.6) is 0 Å². The molecule has 0 spiro atoms. The van der Waals surface area contributed by atoms with E-state index in [0.717, 1.165) is 36.6 Å². The predicted molar refractivity (Wildman–Crippen MR) is 117 cm³/mol. The van der Waals surface area contributed by atoms with Crippen molar-refractivity contribution in [1.29, 1.82) is 0 Å². The van der Waals surface area contributed by atoms with E-state index in [2.05, 4.69) is 13.2 Å². The van der Waals surface area contributed by atoms with Crippen LogP contribution < -0.4 is 0 Å². The average molecular weight is 431 g/mol. The molecule has 0 atom stereocenters.